The fourth-order valence-corrected chi connectivity index (χ4v) is 4.57. The summed E-state index contributed by atoms with van der Waals surface area (Å²) in [5.74, 6) is -0.0128. The van der Waals surface area contributed by atoms with Crippen molar-refractivity contribution in [3.8, 4) is 11.1 Å². The molecule has 3 aromatic carbocycles. The minimum atomic E-state index is -0.413. The summed E-state index contributed by atoms with van der Waals surface area (Å²) >= 11 is 0. The van der Waals surface area contributed by atoms with Crippen LogP contribution in [0.5, 0.6) is 0 Å². The van der Waals surface area contributed by atoms with Gasteiger partial charge < -0.3 is 19.5 Å². The maximum Gasteiger partial charge on any atom is 0.344 e. The van der Waals surface area contributed by atoms with Gasteiger partial charge in [0.15, 0.2) is 0 Å². The molecule has 4 aromatic rings. The predicted octanol–water partition coefficient (Wildman–Crippen LogP) is 5.02. The fourth-order valence-electron chi connectivity index (χ4n) is 4.57. The Hall–Kier alpha value is -4.39. The molecule has 37 heavy (non-hydrogen) atoms. The molecule has 5 rings (SSSR count). The Balaban J connectivity index is 1.22. The highest BCUT2D eigenvalue weighted by Crippen LogP contribution is 2.23. The molecule has 0 saturated carbocycles. The van der Waals surface area contributed by atoms with Gasteiger partial charge >= 0.3 is 5.63 Å². The second-order valence-electron chi connectivity index (χ2n) is 9.53. The van der Waals surface area contributed by atoms with Gasteiger partial charge in [-0.05, 0) is 54.1 Å². The lowest BCUT2D eigenvalue weighted by Gasteiger charge is -2.37. The van der Waals surface area contributed by atoms with E-state index in [2.05, 4.69) is 10.2 Å². The zero-order valence-corrected chi connectivity index (χ0v) is 20.9. The summed E-state index contributed by atoms with van der Waals surface area (Å²) in [6, 6.07) is 23.8. The number of fused-ring (bicyclic) bond motifs is 1. The molecule has 0 unspecified atom stereocenters. The lowest BCUT2D eigenvalue weighted by Crippen LogP contribution is -2.49. The Morgan fingerprint density at radius 3 is 2.22 bits per heavy atom. The smallest absolute Gasteiger partial charge is 0.344 e. The normalized spacial score (nSPS) is 13.7. The van der Waals surface area contributed by atoms with E-state index in [-0.39, 0.29) is 17.7 Å². The number of hydrogen-bond acceptors (Lipinski definition) is 5. The predicted molar refractivity (Wildman–Crippen MR) is 146 cm³/mol. The number of carbonyl (C=O) groups excluding carboxylic acids is 2. The summed E-state index contributed by atoms with van der Waals surface area (Å²) in [7, 11) is 0. The van der Waals surface area contributed by atoms with Crippen LogP contribution in [-0.2, 0) is 4.79 Å². The van der Waals surface area contributed by atoms with Crippen LogP contribution in [0.4, 0.5) is 11.4 Å². The number of carbonyl (C=O) groups is 2. The van der Waals surface area contributed by atoms with E-state index in [0.717, 1.165) is 24.2 Å². The summed E-state index contributed by atoms with van der Waals surface area (Å²) in [5.41, 5.74) is 3.52. The van der Waals surface area contributed by atoms with Crippen LogP contribution >= 0.6 is 0 Å². The first kappa shape index (κ1) is 24.3. The van der Waals surface area contributed by atoms with Gasteiger partial charge in [0.1, 0.15) is 5.58 Å². The van der Waals surface area contributed by atoms with Gasteiger partial charge in [-0.1, -0.05) is 44.2 Å². The van der Waals surface area contributed by atoms with Crippen molar-refractivity contribution in [1.29, 1.82) is 0 Å². The number of para-hydroxylation sites is 1. The summed E-state index contributed by atoms with van der Waals surface area (Å²) < 4.78 is 5.43. The standard InChI is InChI=1S/C30H29N3O4/c1-20(2)29(35)33-17-15-32(16-18-33)25-13-11-24(12-14-25)31-28(34)22-9-7-21(8-10-22)26-19-23-5-3-4-6-27(23)37-30(26)36/h3-14,19-20H,15-18H2,1-2H3,(H,31,34). The van der Waals surface area contributed by atoms with Crippen molar-refractivity contribution >= 4 is 34.2 Å². The van der Waals surface area contributed by atoms with Gasteiger partial charge in [-0.25, -0.2) is 4.79 Å². The first-order valence-electron chi connectivity index (χ1n) is 12.5. The minimum absolute atomic E-state index is 0.0176. The lowest BCUT2D eigenvalue weighted by atomic mass is 10.0. The minimum Gasteiger partial charge on any atom is -0.422 e. The molecule has 0 spiro atoms. The van der Waals surface area contributed by atoms with Crippen LogP contribution in [-0.4, -0.2) is 42.9 Å². The van der Waals surface area contributed by atoms with Gasteiger partial charge in [-0.15, -0.1) is 0 Å². The van der Waals surface area contributed by atoms with Crippen molar-refractivity contribution in [2.45, 2.75) is 13.8 Å². The van der Waals surface area contributed by atoms with E-state index in [1.165, 1.54) is 0 Å². The van der Waals surface area contributed by atoms with E-state index < -0.39 is 5.63 Å². The highest BCUT2D eigenvalue weighted by Gasteiger charge is 2.23. The number of rotatable bonds is 5. The van der Waals surface area contributed by atoms with Gasteiger partial charge in [0.05, 0.1) is 5.56 Å². The molecule has 1 saturated heterocycles. The largest absolute Gasteiger partial charge is 0.422 e. The highest BCUT2D eigenvalue weighted by molar-refractivity contribution is 6.04. The Morgan fingerprint density at radius 2 is 1.54 bits per heavy atom. The molecular formula is C30H29N3O4. The topological polar surface area (TPSA) is 82.9 Å². The second kappa shape index (κ2) is 10.3. The van der Waals surface area contributed by atoms with Gasteiger partial charge in [0.25, 0.3) is 5.91 Å². The number of nitrogens with zero attached hydrogens (tertiary/aromatic N) is 2. The van der Waals surface area contributed by atoms with Crippen molar-refractivity contribution in [1.82, 2.24) is 4.90 Å². The molecule has 188 valence electrons. The Bertz CT molecular complexity index is 1480. The molecule has 0 bridgehead atoms. The molecule has 1 aromatic heterocycles. The van der Waals surface area contributed by atoms with Crippen LogP contribution in [0, 0.1) is 5.92 Å². The molecule has 7 nitrogen and oxygen atoms in total. The lowest BCUT2D eigenvalue weighted by molar-refractivity contribution is -0.134. The molecular weight excluding hydrogens is 466 g/mol. The highest BCUT2D eigenvalue weighted by atomic mass is 16.4. The molecule has 1 aliphatic rings. The van der Waals surface area contributed by atoms with Crippen LogP contribution in [0.15, 0.2) is 88.1 Å². The molecule has 2 heterocycles. The Labute approximate surface area is 215 Å². The zero-order valence-electron chi connectivity index (χ0n) is 20.9. The molecule has 1 N–H and O–H groups in total. The molecule has 2 amide bonds. The average molecular weight is 496 g/mol. The average Bonchev–Trinajstić information content (AvgIpc) is 2.93. The van der Waals surface area contributed by atoms with Gasteiger partial charge in [-0.2, -0.15) is 0 Å². The number of piperazine rings is 1. The summed E-state index contributed by atoms with van der Waals surface area (Å²) in [6.45, 7) is 6.86. The van der Waals surface area contributed by atoms with Crippen molar-refractivity contribution in [2.75, 3.05) is 36.4 Å². The van der Waals surface area contributed by atoms with E-state index in [4.69, 9.17) is 4.42 Å². The molecule has 0 aliphatic carbocycles. The third kappa shape index (κ3) is 5.26. The Kier molecular flexibility index (Phi) is 6.77. The molecule has 0 radical (unpaired) electrons. The van der Waals surface area contributed by atoms with Crippen LogP contribution in [0.1, 0.15) is 24.2 Å². The number of anilines is 2. The second-order valence-corrected chi connectivity index (χ2v) is 9.53. The van der Waals surface area contributed by atoms with E-state index in [9.17, 15) is 14.4 Å². The van der Waals surface area contributed by atoms with Crippen molar-refractivity contribution in [3.05, 3.63) is 94.8 Å². The summed E-state index contributed by atoms with van der Waals surface area (Å²) in [6.07, 6.45) is 0. The van der Waals surface area contributed by atoms with Gasteiger partial charge in [0.2, 0.25) is 5.91 Å². The van der Waals surface area contributed by atoms with E-state index in [1.807, 2.05) is 61.2 Å². The molecule has 0 atom stereocenters. The summed E-state index contributed by atoms with van der Waals surface area (Å²) in [5, 5.41) is 3.77. The fraction of sp³-hybridized carbons (Fsp3) is 0.233. The number of hydrogen-bond donors (Lipinski definition) is 1. The van der Waals surface area contributed by atoms with E-state index in [0.29, 0.717) is 41.1 Å². The maximum absolute atomic E-state index is 12.8. The van der Waals surface area contributed by atoms with E-state index in [1.54, 1.807) is 36.4 Å². The first-order valence-corrected chi connectivity index (χ1v) is 12.5. The molecule has 1 fully saturated rings. The molecule has 1 aliphatic heterocycles. The third-order valence-electron chi connectivity index (χ3n) is 6.68. The van der Waals surface area contributed by atoms with Crippen LogP contribution in [0.3, 0.4) is 0 Å². The SMILES string of the molecule is CC(C)C(=O)N1CCN(c2ccc(NC(=O)c3ccc(-c4cc5ccccc5oc4=O)cc3)cc2)CC1. The monoisotopic (exact) mass is 495 g/mol. The van der Waals surface area contributed by atoms with Crippen molar-refractivity contribution in [2.24, 2.45) is 5.92 Å². The maximum atomic E-state index is 12.8. The van der Waals surface area contributed by atoms with E-state index >= 15 is 0 Å². The number of amides is 2. The van der Waals surface area contributed by atoms with Crippen LogP contribution < -0.4 is 15.8 Å². The quantitative estimate of drug-likeness (QED) is 0.393. The van der Waals surface area contributed by atoms with Gasteiger partial charge in [0, 0.05) is 54.4 Å². The Morgan fingerprint density at radius 1 is 0.865 bits per heavy atom. The van der Waals surface area contributed by atoms with Crippen LogP contribution in [0.25, 0.3) is 22.1 Å². The third-order valence-corrected chi connectivity index (χ3v) is 6.68. The van der Waals surface area contributed by atoms with Gasteiger partial charge in [-0.3, -0.25) is 9.59 Å². The molecule has 7 heteroatoms. The zero-order chi connectivity index (χ0) is 25.9. The van der Waals surface area contributed by atoms with Crippen molar-refractivity contribution in [3.63, 3.8) is 0 Å². The first-order chi connectivity index (χ1) is 17.9. The number of nitrogens with one attached hydrogen (secondary N) is 1. The van der Waals surface area contributed by atoms with Crippen molar-refractivity contribution < 1.29 is 14.0 Å². The number of benzene rings is 3. The summed E-state index contributed by atoms with van der Waals surface area (Å²) in [4.78, 5) is 41.6. The van der Waals surface area contributed by atoms with Crippen LogP contribution in [0.2, 0.25) is 0 Å².